The van der Waals surface area contributed by atoms with Crippen molar-refractivity contribution in [1.29, 1.82) is 0 Å². The van der Waals surface area contributed by atoms with Gasteiger partial charge in [-0.2, -0.15) is 0 Å². The van der Waals surface area contributed by atoms with Crippen LogP contribution in [0.2, 0.25) is 0 Å². The van der Waals surface area contributed by atoms with Crippen LogP contribution < -0.4 is 5.32 Å². The number of hydrogen-bond acceptors (Lipinski definition) is 4. The number of carbonyl (C=O) groups excluding carboxylic acids is 2. The van der Waals surface area contributed by atoms with E-state index in [1.165, 1.54) is 11.8 Å². The quantitative estimate of drug-likeness (QED) is 0.878. The SMILES string of the molecule is CC(=O)NCC(=O)N1CC[C@@H](c2ccccc2)S(=O)(=O)CC1. The van der Waals surface area contributed by atoms with E-state index < -0.39 is 15.1 Å². The maximum Gasteiger partial charge on any atom is 0.241 e. The van der Waals surface area contributed by atoms with Crippen molar-refractivity contribution in [2.45, 2.75) is 18.6 Å². The molecule has 1 aliphatic heterocycles. The number of sulfone groups is 1. The third kappa shape index (κ3) is 4.07. The van der Waals surface area contributed by atoms with Crippen molar-refractivity contribution in [3.8, 4) is 0 Å². The molecule has 0 saturated carbocycles. The molecule has 2 amide bonds. The summed E-state index contributed by atoms with van der Waals surface area (Å²) in [6, 6.07) is 9.08. The molecule has 1 heterocycles. The smallest absolute Gasteiger partial charge is 0.241 e. The number of rotatable bonds is 3. The summed E-state index contributed by atoms with van der Waals surface area (Å²) in [6.07, 6.45) is 0.373. The highest BCUT2D eigenvalue weighted by atomic mass is 32.2. The van der Waals surface area contributed by atoms with E-state index in [0.29, 0.717) is 13.0 Å². The Morgan fingerprint density at radius 3 is 2.55 bits per heavy atom. The lowest BCUT2D eigenvalue weighted by Gasteiger charge is -2.20. The molecule has 7 heteroatoms. The van der Waals surface area contributed by atoms with Gasteiger partial charge in [-0.3, -0.25) is 9.59 Å². The summed E-state index contributed by atoms with van der Waals surface area (Å²) >= 11 is 0. The van der Waals surface area contributed by atoms with E-state index in [1.807, 2.05) is 18.2 Å². The molecular weight excluding hydrogens is 304 g/mol. The number of benzene rings is 1. The summed E-state index contributed by atoms with van der Waals surface area (Å²) in [5, 5.41) is 1.87. The van der Waals surface area contributed by atoms with Crippen LogP contribution in [-0.2, 0) is 19.4 Å². The first-order chi connectivity index (χ1) is 10.4. The minimum atomic E-state index is -3.29. The normalized spacial score (nSPS) is 21.0. The standard InChI is InChI=1S/C15H20N2O4S/c1-12(18)16-11-15(19)17-8-7-14(22(20,21)10-9-17)13-5-3-2-4-6-13/h2-6,14H,7-11H2,1H3,(H,16,18)/t14-/m0/s1. The average molecular weight is 324 g/mol. The van der Waals surface area contributed by atoms with Gasteiger partial charge < -0.3 is 10.2 Å². The van der Waals surface area contributed by atoms with E-state index in [-0.39, 0.29) is 30.7 Å². The predicted octanol–water partition coefficient (Wildman–Crippen LogP) is 0.511. The van der Waals surface area contributed by atoms with E-state index in [1.54, 1.807) is 12.1 Å². The summed E-state index contributed by atoms with van der Waals surface area (Å²) in [4.78, 5) is 24.4. The third-order valence-corrected chi connectivity index (χ3v) is 5.88. The van der Waals surface area contributed by atoms with Gasteiger partial charge in [-0.1, -0.05) is 30.3 Å². The van der Waals surface area contributed by atoms with Gasteiger partial charge in [0.25, 0.3) is 0 Å². The van der Waals surface area contributed by atoms with Gasteiger partial charge in [0, 0.05) is 20.0 Å². The third-order valence-electron chi connectivity index (χ3n) is 3.75. The van der Waals surface area contributed by atoms with Gasteiger partial charge in [0.05, 0.1) is 17.5 Å². The highest BCUT2D eigenvalue weighted by molar-refractivity contribution is 7.91. The van der Waals surface area contributed by atoms with Crippen molar-refractivity contribution in [1.82, 2.24) is 10.2 Å². The molecule has 1 atom stereocenters. The van der Waals surface area contributed by atoms with Gasteiger partial charge in [0.15, 0.2) is 9.84 Å². The van der Waals surface area contributed by atoms with Gasteiger partial charge in [0.2, 0.25) is 11.8 Å². The fraction of sp³-hybridized carbons (Fsp3) is 0.467. The van der Waals surface area contributed by atoms with Crippen molar-refractivity contribution in [2.75, 3.05) is 25.4 Å². The van der Waals surface area contributed by atoms with Crippen LogP contribution in [-0.4, -0.2) is 50.5 Å². The van der Waals surface area contributed by atoms with Crippen LogP contribution in [0.4, 0.5) is 0 Å². The molecule has 1 aliphatic rings. The van der Waals surface area contributed by atoms with Crippen molar-refractivity contribution in [3.05, 3.63) is 35.9 Å². The zero-order chi connectivity index (χ0) is 16.2. The largest absolute Gasteiger partial charge is 0.347 e. The topological polar surface area (TPSA) is 83.6 Å². The van der Waals surface area contributed by atoms with Gasteiger partial charge in [0.1, 0.15) is 0 Å². The Bertz CT molecular complexity index is 643. The maximum absolute atomic E-state index is 12.4. The Hall–Kier alpha value is -1.89. The lowest BCUT2D eigenvalue weighted by atomic mass is 10.1. The molecular formula is C15H20N2O4S. The zero-order valence-electron chi connectivity index (χ0n) is 12.5. The Balaban J connectivity index is 2.10. The van der Waals surface area contributed by atoms with Gasteiger partial charge >= 0.3 is 0 Å². The molecule has 1 N–H and O–H groups in total. The number of nitrogens with one attached hydrogen (secondary N) is 1. The number of nitrogens with zero attached hydrogens (tertiary/aromatic N) is 1. The Morgan fingerprint density at radius 2 is 1.91 bits per heavy atom. The fourth-order valence-corrected chi connectivity index (χ4v) is 4.34. The predicted molar refractivity (Wildman–Crippen MR) is 82.9 cm³/mol. The lowest BCUT2D eigenvalue weighted by molar-refractivity contribution is -0.132. The van der Waals surface area contributed by atoms with E-state index in [4.69, 9.17) is 0 Å². The summed E-state index contributed by atoms with van der Waals surface area (Å²) in [5.41, 5.74) is 0.763. The minimum Gasteiger partial charge on any atom is -0.347 e. The zero-order valence-corrected chi connectivity index (χ0v) is 13.3. The first-order valence-electron chi connectivity index (χ1n) is 7.19. The molecule has 6 nitrogen and oxygen atoms in total. The van der Waals surface area contributed by atoms with Crippen molar-refractivity contribution in [3.63, 3.8) is 0 Å². The molecule has 0 spiro atoms. The van der Waals surface area contributed by atoms with Crippen molar-refractivity contribution < 1.29 is 18.0 Å². The molecule has 0 bridgehead atoms. The minimum absolute atomic E-state index is 0.0572. The molecule has 0 radical (unpaired) electrons. The van der Waals surface area contributed by atoms with Crippen LogP contribution in [0.5, 0.6) is 0 Å². The first kappa shape index (κ1) is 16.5. The summed E-state index contributed by atoms with van der Waals surface area (Å²) in [6.45, 7) is 1.79. The van der Waals surface area contributed by atoms with Gasteiger partial charge in [-0.15, -0.1) is 0 Å². The molecule has 1 aromatic rings. The van der Waals surface area contributed by atoms with Gasteiger partial charge in [-0.25, -0.2) is 8.42 Å². The van der Waals surface area contributed by atoms with Crippen LogP contribution in [0.25, 0.3) is 0 Å². The average Bonchev–Trinajstić information content (AvgIpc) is 2.64. The Morgan fingerprint density at radius 1 is 1.23 bits per heavy atom. The van der Waals surface area contributed by atoms with Crippen LogP contribution >= 0.6 is 0 Å². The molecule has 0 aromatic heterocycles. The second-order valence-electron chi connectivity index (χ2n) is 5.35. The number of amides is 2. The molecule has 2 rings (SSSR count). The second kappa shape index (κ2) is 6.91. The molecule has 0 aliphatic carbocycles. The molecule has 1 aromatic carbocycles. The lowest BCUT2D eigenvalue weighted by Crippen LogP contribution is -2.40. The number of carbonyl (C=O) groups is 2. The highest BCUT2D eigenvalue weighted by Crippen LogP contribution is 2.29. The Labute approximate surface area is 130 Å². The number of hydrogen-bond donors (Lipinski definition) is 1. The van der Waals surface area contributed by atoms with Crippen LogP contribution in [0, 0.1) is 0 Å². The molecule has 120 valence electrons. The molecule has 1 fully saturated rings. The van der Waals surface area contributed by atoms with Crippen LogP contribution in [0.1, 0.15) is 24.2 Å². The first-order valence-corrected chi connectivity index (χ1v) is 8.90. The summed E-state index contributed by atoms with van der Waals surface area (Å²) in [7, 11) is -3.29. The van der Waals surface area contributed by atoms with E-state index in [9.17, 15) is 18.0 Å². The van der Waals surface area contributed by atoms with Crippen molar-refractivity contribution in [2.24, 2.45) is 0 Å². The van der Waals surface area contributed by atoms with E-state index >= 15 is 0 Å². The molecule has 22 heavy (non-hydrogen) atoms. The summed E-state index contributed by atoms with van der Waals surface area (Å²) in [5.74, 6) is -0.588. The fourth-order valence-electron chi connectivity index (χ4n) is 2.55. The van der Waals surface area contributed by atoms with E-state index in [2.05, 4.69) is 5.32 Å². The van der Waals surface area contributed by atoms with E-state index in [0.717, 1.165) is 5.56 Å². The van der Waals surface area contributed by atoms with Gasteiger partial charge in [-0.05, 0) is 12.0 Å². The monoisotopic (exact) mass is 324 g/mol. The summed E-state index contributed by atoms with van der Waals surface area (Å²) < 4.78 is 24.9. The van der Waals surface area contributed by atoms with Crippen LogP contribution in [0.3, 0.4) is 0 Å². The Kier molecular flexibility index (Phi) is 5.18. The highest BCUT2D eigenvalue weighted by Gasteiger charge is 2.32. The van der Waals surface area contributed by atoms with Crippen LogP contribution in [0.15, 0.2) is 30.3 Å². The molecule has 1 saturated heterocycles. The maximum atomic E-state index is 12.4. The van der Waals surface area contributed by atoms with Crippen molar-refractivity contribution >= 4 is 21.7 Å². The second-order valence-corrected chi connectivity index (χ2v) is 7.65. The molecule has 0 unspecified atom stereocenters.